The SMILES string of the molecule is CC1CCCCN1S(=O)(=O)c1ccc(C(=O)Nc2nnc(-c3cccc(S(=O)(=O)C(C)C)c3)o2)cc1. The predicted octanol–water partition coefficient (Wildman–Crippen LogP) is 3.73. The zero-order valence-corrected chi connectivity index (χ0v) is 21.8. The molecule has 1 fully saturated rings. The zero-order chi connectivity index (χ0) is 26.1. The van der Waals surface area contributed by atoms with E-state index in [9.17, 15) is 21.6 Å². The molecule has 0 radical (unpaired) electrons. The van der Waals surface area contributed by atoms with Gasteiger partial charge in [-0.1, -0.05) is 17.6 Å². The standard InChI is InChI=1S/C24H28N4O6S2/c1-16(2)35(30,31)21-9-6-8-19(15-21)23-26-27-24(34-23)25-22(29)18-10-12-20(13-11-18)36(32,33)28-14-5-4-7-17(28)3/h6,8-13,15-17H,4-5,7,14H2,1-3H3,(H,25,27,29). The number of carbonyl (C=O) groups excluding carboxylic acids is 1. The Bertz CT molecular complexity index is 1460. The Kier molecular flexibility index (Phi) is 7.30. The number of piperidine rings is 1. The van der Waals surface area contributed by atoms with Crippen molar-refractivity contribution in [2.45, 2.75) is 61.1 Å². The van der Waals surface area contributed by atoms with E-state index in [1.807, 2.05) is 6.92 Å². The van der Waals surface area contributed by atoms with E-state index in [0.717, 1.165) is 19.3 Å². The van der Waals surface area contributed by atoms with E-state index >= 15 is 0 Å². The van der Waals surface area contributed by atoms with Crippen LogP contribution in [-0.2, 0) is 19.9 Å². The molecule has 0 aliphatic carbocycles. The Morgan fingerprint density at radius 2 is 1.75 bits per heavy atom. The first kappa shape index (κ1) is 26.0. The van der Waals surface area contributed by atoms with Crippen LogP contribution in [-0.4, -0.2) is 55.1 Å². The lowest BCUT2D eigenvalue weighted by atomic mass is 10.1. The van der Waals surface area contributed by atoms with Gasteiger partial charge < -0.3 is 4.42 Å². The van der Waals surface area contributed by atoms with Crippen LogP contribution in [0.5, 0.6) is 0 Å². The number of nitrogens with zero attached hydrogens (tertiary/aromatic N) is 3. The average Bonchev–Trinajstić information content (AvgIpc) is 3.32. The molecule has 3 aromatic rings. The smallest absolute Gasteiger partial charge is 0.322 e. The molecule has 0 bridgehead atoms. The number of rotatable bonds is 7. The summed E-state index contributed by atoms with van der Waals surface area (Å²) in [6.07, 6.45) is 2.66. The summed E-state index contributed by atoms with van der Waals surface area (Å²) in [5.74, 6) is -0.514. The fourth-order valence-electron chi connectivity index (χ4n) is 3.98. The number of benzene rings is 2. The van der Waals surface area contributed by atoms with E-state index in [-0.39, 0.29) is 33.3 Å². The average molecular weight is 533 g/mol. The Labute approximate surface area is 210 Å². The van der Waals surface area contributed by atoms with E-state index in [2.05, 4.69) is 15.5 Å². The van der Waals surface area contributed by atoms with E-state index in [4.69, 9.17) is 4.42 Å². The van der Waals surface area contributed by atoms with Crippen LogP contribution >= 0.6 is 0 Å². The minimum atomic E-state index is -3.64. The topological polar surface area (TPSA) is 140 Å². The second-order valence-electron chi connectivity index (χ2n) is 8.97. The van der Waals surface area contributed by atoms with Crippen LogP contribution in [0.15, 0.2) is 62.7 Å². The molecule has 0 spiro atoms. The van der Waals surface area contributed by atoms with Crippen molar-refractivity contribution in [2.24, 2.45) is 0 Å². The van der Waals surface area contributed by atoms with Crippen LogP contribution in [0.3, 0.4) is 0 Å². The number of nitrogens with one attached hydrogen (secondary N) is 1. The zero-order valence-electron chi connectivity index (χ0n) is 20.2. The van der Waals surface area contributed by atoms with Crippen molar-refractivity contribution in [2.75, 3.05) is 11.9 Å². The molecule has 2 aromatic carbocycles. The summed E-state index contributed by atoms with van der Waals surface area (Å²) in [5, 5.41) is 9.60. The maximum absolute atomic E-state index is 13.0. The molecule has 2 heterocycles. The van der Waals surface area contributed by atoms with Gasteiger partial charge >= 0.3 is 6.01 Å². The molecule has 1 aromatic heterocycles. The number of sulfone groups is 1. The molecule has 1 atom stereocenters. The number of hydrogen-bond donors (Lipinski definition) is 1. The van der Waals surface area contributed by atoms with Gasteiger partial charge in [0.15, 0.2) is 9.84 Å². The van der Waals surface area contributed by atoms with E-state index in [0.29, 0.717) is 12.1 Å². The van der Waals surface area contributed by atoms with Crippen LogP contribution in [0.25, 0.3) is 11.5 Å². The normalized spacial score (nSPS) is 17.3. The van der Waals surface area contributed by atoms with Gasteiger partial charge in [0, 0.05) is 23.7 Å². The fraction of sp³-hybridized carbons (Fsp3) is 0.375. The molecule has 1 aliphatic rings. The highest BCUT2D eigenvalue weighted by Gasteiger charge is 2.31. The molecule has 10 nitrogen and oxygen atoms in total. The van der Waals surface area contributed by atoms with E-state index in [1.165, 1.54) is 40.7 Å². The number of sulfonamides is 1. The van der Waals surface area contributed by atoms with Crippen LogP contribution in [0.2, 0.25) is 0 Å². The number of amides is 1. The lowest BCUT2D eigenvalue weighted by Crippen LogP contribution is -2.41. The van der Waals surface area contributed by atoms with Gasteiger partial charge in [0.05, 0.1) is 15.0 Å². The molecule has 36 heavy (non-hydrogen) atoms. The summed E-state index contributed by atoms with van der Waals surface area (Å²) in [4.78, 5) is 12.9. The molecule has 0 saturated carbocycles. The first-order valence-corrected chi connectivity index (χ1v) is 14.6. The first-order chi connectivity index (χ1) is 17.0. The Morgan fingerprint density at radius 1 is 1.03 bits per heavy atom. The molecular formula is C24H28N4O6S2. The van der Waals surface area contributed by atoms with Gasteiger partial charge in [0.25, 0.3) is 5.91 Å². The lowest BCUT2D eigenvalue weighted by Gasteiger charge is -2.32. The summed E-state index contributed by atoms with van der Waals surface area (Å²) in [6.45, 7) is 5.57. The molecule has 4 rings (SSSR count). The second kappa shape index (κ2) is 10.1. The van der Waals surface area contributed by atoms with Crippen molar-refractivity contribution in [1.82, 2.24) is 14.5 Å². The van der Waals surface area contributed by atoms with Gasteiger partial charge in [-0.2, -0.15) is 4.31 Å². The Balaban J connectivity index is 1.48. The maximum Gasteiger partial charge on any atom is 0.322 e. The summed E-state index contributed by atoms with van der Waals surface area (Å²) in [5.41, 5.74) is 0.608. The third kappa shape index (κ3) is 5.20. The first-order valence-electron chi connectivity index (χ1n) is 11.6. The summed E-state index contributed by atoms with van der Waals surface area (Å²) < 4.78 is 57.9. The van der Waals surface area contributed by atoms with Gasteiger partial charge in [-0.25, -0.2) is 16.8 Å². The molecule has 1 unspecified atom stereocenters. The van der Waals surface area contributed by atoms with Crippen LogP contribution < -0.4 is 5.32 Å². The molecule has 1 amide bonds. The van der Waals surface area contributed by atoms with Crippen molar-refractivity contribution >= 4 is 31.8 Å². The largest absolute Gasteiger partial charge is 0.403 e. The van der Waals surface area contributed by atoms with Gasteiger partial charge in [-0.3, -0.25) is 10.1 Å². The minimum absolute atomic E-state index is 0.0446. The lowest BCUT2D eigenvalue weighted by molar-refractivity contribution is 0.102. The molecular weight excluding hydrogens is 504 g/mol. The van der Waals surface area contributed by atoms with Crippen molar-refractivity contribution in [3.8, 4) is 11.5 Å². The van der Waals surface area contributed by atoms with Gasteiger partial charge in [0.1, 0.15) is 0 Å². The van der Waals surface area contributed by atoms with Gasteiger partial charge in [0.2, 0.25) is 15.9 Å². The molecule has 1 aliphatic heterocycles. The third-order valence-electron chi connectivity index (χ3n) is 6.14. The van der Waals surface area contributed by atoms with Crippen LogP contribution in [0, 0.1) is 0 Å². The molecule has 12 heteroatoms. The van der Waals surface area contributed by atoms with Crippen molar-refractivity contribution in [3.05, 3.63) is 54.1 Å². The number of hydrogen-bond acceptors (Lipinski definition) is 8. The third-order valence-corrected chi connectivity index (χ3v) is 10.3. The summed E-state index contributed by atoms with van der Waals surface area (Å²) in [6, 6.07) is 11.6. The monoisotopic (exact) mass is 532 g/mol. The minimum Gasteiger partial charge on any atom is -0.403 e. The highest BCUT2D eigenvalue weighted by atomic mass is 32.2. The number of anilines is 1. The maximum atomic E-state index is 13.0. The predicted molar refractivity (Wildman–Crippen MR) is 134 cm³/mol. The van der Waals surface area contributed by atoms with Gasteiger partial charge in [-0.05, 0) is 76.1 Å². The van der Waals surface area contributed by atoms with Gasteiger partial charge in [-0.15, -0.1) is 5.10 Å². The Morgan fingerprint density at radius 3 is 2.42 bits per heavy atom. The van der Waals surface area contributed by atoms with Crippen LogP contribution in [0.4, 0.5) is 6.01 Å². The number of aromatic nitrogens is 2. The molecule has 1 N–H and O–H groups in total. The second-order valence-corrected chi connectivity index (χ2v) is 13.4. The summed E-state index contributed by atoms with van der Waals surface area (Å²) >= 11 is 0. The highest BCUT2D eigenvalue weighted by Crippen LogP contribution is 2.27. The quantitative estimate of drug-likeness (QED) is 0.485. The molecule has 192 valence electrons. The highest BCUT2D eigenvalue weighted by molar-refractivity contribution is 7.92. The summed E-state index contributed by atoms with van der Waals surface area (Å²) in [7, 11) is -7.13. The van der Waals surface area contributed by atoms with E-state index in [1.54, 1.807) is 26.0 Å². The van der Waals surface area contributed by atoms with Crippen molar-refractivity contribution in [1.29, 1.82) is 0 Å². The van der Waals surface area contributed by atoms with E-state index < -0.39 is 31.0 Å². The van der Waals surface area contributed by atoms with Crippen molar-refractivity contribution < 1.29 is 26.0 Å². The van der Waals surface area contributed by atoms with Crippen LogP contribution in [0.1, 0.15) is 50.4 Å². The number of carbonyl (C=O) groups is 1. The Hall–Kier alpha value is -3.09. The molecule has 1 saturated heterocycles. The van der Waals surface area contributed by atoms with Crippen molar-refractivity contribution in [3.63, 3.8) is 0 Å². The fourth-order valence-corrected chi connectivity index (χ4v) is 6.78.